The minimum Gasteiger partial charge on any atom is -0.369 e. The van der Waals surface area contributed by atoms with Crippen LogP contribution < -0.4 is 10.2 Å². The number of hydrogen-bond acceptors (Lipinski definition) is 7. The summed E-state index contributed by atoms with van der Waals surface area (Å²) in [6, 6.07) is 5.70. The Balaban J connectivity index is 1.82. The molecule has 172 valence electrons. The number of aromatic nitrogens is 3. The van der Waals surface area contributed by atoms with E-state index in [2.05, 4.69) is 39.2 Å². The largest absolute Gasteiger partial charge is 0.369 e. The van der Waals surface area contributed by atoms with E-state index in [0.717, 1.165) is 50.4 Å². The molecule has 0 spiro atoms. The molecule has 32 heavy (non-hydrogen) atoms. The van der Waals surface area contributed by atoms with Gasteiger partial charge in [0.15, 0.2) is 17.3 Å². The van der Waals surface area contributed by atoms with E-state index in [1.54, 1.807) is 0 Å². The molecule has 9 heteroatoms. The zero-order chi connectivity index (χ0) is 23.1. The normalized spacial score (nSPS) is 14.4. The van der Waals surface area contributed by atoms with Crippen LogP contribution in [0.2, 0.25) is 0 Å². The van der Waals surface area contributed by atoms with Gasteiger partial charge >= 0.3 is 0 Å². The SMILES string of the molecule is CN(C)CCCOC(C)(C)c1ccc(NC(=O)c2nc(C#N)c[nH]2)c(N2CCCCC2)n1. The van der Waals surface area contributed by atoms with Crippen LogP contribution in [0.4, 0.5) is 11.5 Å². The summed E-state index contributed by atoms with van der Waals surface area (Å²) < 4.78 is 6.17. The van der Waals surface area contributed by atoms with Crippen molar-refractivity contribution in [3.8, 4) is 6.07 Å². The van der Waals surface area contributed by atoms with Gasteiger partial charge in [-0.1, -0.05) is 0 Å². The van der Waals surface area contributed by atoms with Gasteiger partial charge in [-0.2, -0.15) is 5.26 Å². The molecule has 0 radical (unpaired) electrons. The molecule has 2 aromatic heterocycles. The van der Waals surface area contributed by atoms with Crippen molar-refractivity contribution in [1.29, 1.82) is 5.26 Å². The van der Waals surface area contributed by atoms with Gasteiger partial charge in [0.25, 0.3) is 5.91 Å². The number of carbonyl (C=O) groups is 1. The second-order valence-corrected chi connectivity index (χ2v) is 8.83. The summed E-state index contributed by atoms with van der Waals surface area (Å²) in [5.41, 5.74) is 1.07. The number of nitrogens with one attached hydrogen (secondary N) is 2. The maximum Gasteiger partial charge on any atom is 0.291 e. The number of hydrogen-bond donors (Lipinski definition) is 2. The van der Waals surface area contributed by atoms with E-state index in [4.69, 9.17) is 15.0 Å². The Bertz CT molecular complexity index is 955. The Hall–Kier alpha value is -2.96. The van der Waals surface area contributed by atoms with Crippen LogP contribution in [0.5, 0.6) is 0 Å². The second kappa shape index (κ2) is 10.6. The first-order valence-corrected chi connectivity index (χ1v) is 11.1. The lowest BCUT2D eigenvalue weighted by atomic mass is 10.0. The number of anilines is 2. The van der Waals surface area contributed by atoms with E-state index >= 15 is 0 Å². The lowest BCUT2D eigenvalue weighted by Gasteiger charge is -2.32. The topological polar surface area (TPSA) is 110 Å². The third-order valence-electron chi connectivity index (χ3n) is 5.52. The van der Waals surface area contributed by atoms with Crippen LogP contribution in [0, 0.1) is 11.3 Å². The zero-order valence-electron chi connectivity index (χ0n) is 19.4. The Morgan fingerprint density at radius 1 is 1.28 bits per heavy atom. The Morgan fingerprint density at radius 2 is 2.03 bits per heavy atom. The van der Waals surface area contributed by atoms with Gasteiger partial charge in [-0.15, -0.1) is 0 Å². The lowest BCUT2D eigenvalue weighted by Crippen LogP contribution is -2.33. The standard InChI is InChI=1S/C23H33N7O2/c1-23(2,32-14-8-11-29(3)4)19-10-9-18(21(28-19)30-12-6-5-7-13-30)27-22(31)20-25-16-17(15-24)26-20/h9-10,16H,5-8,11-14H2,1-4H3,(H,25,26)(H,27,31). The zero-order valence-corrected chi connectivity index (χ0v) is 19.4. The van der Waals surface area contributed by atoms with Gasteiger partial charge in [-0.25, -0.2) is 9.97 Å². The van der Waals surface area contributed by atoms with Gasteiger partial charge in [-0.3, -0.25) is 4.79 Å². The summed E-state index contributed by atoms with van der Waals surface area (Å²) in [5, 5.41) is 11.9. The van der Waals surface area contributed by atoms with Crippen LogP contribution in [-0.2, 0) is 10.3 Å². The number of carbonyl (C=O) groups excluding carboxylic acids is 1. The Morgan fingerprint density at radius 3 is 2.69 bits per heavy atom. The molecule has 0 aromatic carbocycles. The third kappa shape index (κ3) is 6.05. The molecule has 1 fully saturated rings. The molecule has 2 N–H and O–H groups in total. The Labute approximate surface area is 189 Å². The fraction of sp³-hybridized carbons (Fsp3) is 0.565. The molecule has 2 aromatic rings. The summed E-state index contributed by atoms with van der Waals surface area (Å²) >= 11 is 0. The first kappa shape index (κ1) is 23.7. The first-order valence-electron chi connectivity index (χ1n) is 11.1. The fourth-order valence-corrected chi connectivity index (χ4v) is 3.69. The molecule has 0 bridgehead atoms. The number of rotatable bonds is 9. The van der Waals surface area contributed by atoms with Crippen molar-refractivity contribution in [2.45, 2.75) is 45.1 Å². The number of imidazole rings is 1. The summed E-state index contributed by atoms with van der Waals surface area (Å²) in [7, 11) is 4.10. The summed E-state index contributed by atoms with van der Waals surface area (Å²) in [6.07, 6.45) is 5.73. The van der Waals surface area contributed by atoms with Gasteiger partial charge in [0.1, 0.15) is 11.7 Å². The Kier molecular flexibility index (Phi) is 7.83. The number of piperidine rings is 1. The van der Waals surface area contributed by atoms with E-state index in [9.17, 15) is 4.79 Å². The van der Waals surface area contributed by atoms with Crippen LogP contribution in [0.3, 0.4) is 0 Å². The summed E-state index contributed by atoms with van der Waals surface area (Å²) in [5.74, 6) is 0.436. The van der Waals surface area contributed by atoms with E-state index in [1.807, 2.05) is 32.0 Å². The molecule has 0 saturated carbocycles. The van der Waals surface area contributed by atoms with Crippen LogP contribution in [0.1, 0.15) is 61.5 Å². The quantitative estimate of drug-likeness (QED) is 0.578. The highest BCUT2D eigenvalue weighted by atomic mass is 16.5. The fourth-order valence-electron chi connectivity index (χ4n) is 3.69. The number of amides is 1. The van der Waals surface area contributed by atoms with Gasteiger partial charge in [0.05, 0.1) is 11.4 Å². The molecular formula is C23H33N7O2. The molecule has 3 rings (SSSR count). The van der Waals surface area contributed by atoms with Crippen molar-refractivity contribution >= 4 is 17.4 Å². The van der Waals surface area contributed by atoms with E-state index in [0.29, 0.717) is 12.3 Å². The van der Waals surface area contributed by atoms with Crippen LogP contribution in [0.15, 0.2) is 18.3 Å². The average molecular weight is 440 g/mol. The van der Waals surface area contributed by atoms with Crippen molar-refractivity contribution in [2.75, 3.05) is 50.6 Å². The molecule has 0 aliphatic carbocycles. The van der Waals surface area contributed by atoms with Crippen molar-refractivity contribution in [1.82, 2.24) is 19.9 Å². The van der Waals surface area contributed by atoms with Crippen molar-refractivity contribution in [3.63, 3.8) is 0 Å². The van der Waals surface area contributed by atoms with Crippen LogP contribution >= 0.6 is 0 Å². The molecule has 1 saturated heterocycles. The summed E-state index contributed by atoms with van der Waals surface area (Å²) in [6.45, 7) is 7.44. The molecule has 1 aliphatic heterocycles. The number of ether oxygens (including phenoxy) is 1. The van der Waals surface area contributed by atoms with Crippen molar-refractivity contribution in [3.05, 3.63) is 35.5 Å². The van der Waals surface area contributed by atoms with Gasteiger partial charge in [-0.05, 0) is 72.3 Å². The number of H-pyrrole nitrogens is 1. The highest BCUT2D eigenvalue weighted by Gasteiger charge is 2.27. The smallest absolute Gasteiger partial charge is 0.291 e. The monoisotopic (exact) mass is 439 g/mol. The maximum atomic E-state index is 12.7. The maximum absolute atomic E-state index is 12.7. The first-order chi connectivity index (χ1) is 15.3. The lowest BCUT2D eigenvalue weighted by molar-refractivity contribution is -0.0273. The predicted octanol–water partition coefficient (Wildman–Crippen LogP) is 3.12. The molecule has 0 atom stereocenters. The van der Waals surface area contributed by atoms with Gasteiger partial charge in [0, 0.05) is 25.9 Å². The summed E-state index contributed by atoms with van der Waals surface area (Å²) in [4.78, 5) is 28.7. The molecule has 1 aliphatic rings. The molecule has 3 heterocycles. The molecule has 0 unspecified atom stereocenters. The van der Waals surface area contributed by atoms with Gasteiger partial charge in [0.2, 0.25) is 0 Å². The van der Waals surface area contributed by atoms with Crippen LogP contribution in [0.25, 0.3) is 0 Å². The van der Waals surface area contributed by atoms with E-state index in [-0.39, 0.29) is 11.5 Å². The second-order valence-electron chi connectivity index (χ2n) is 8.83. The van der Waals surface area contributed by atoms with E-state index in [1.165, 1.54) is 12.6 Å². The predicted molar refractivity (Wildman–Crippen MR) is 124 cm³/mol. The number of nitriles is 1. The van der Waals surface area contributed by atoms with Gasteiger partial charge < -0.3 is 24.8 Å². The number of nitrogens with zero attached hydrogens (tertiary/aromatic N) is 5. The molecular weight excluding hydrogens is 406 g/mol. The minimum absolute atomic E-state index is 0.0970. The number of pyridine rings is 1. The number of aromatic amines is 1. The minimum atomic E-state index is -0.553. The van der Waals surface area contributed by atoms with Crippen LogP contribution in [-0.4, -0.2) is 66.1 Å². The molecule has 9 nitrogen and oxygen atoms in total. The average Bonchev–Trinajstić information content (AvgIpc) is 3.27. The van der Waals surface area contributed by atoms with Crippen molar-refractivity contribution in [2.24, 2.45) is 0 Å². The van der Waals surface area contributed by atoms with Crippen molar-refractivity contribution < 1.29 is 9.53 Å². The molecule has 1 amide bonds. The highest BCUT2D eigenvalue weighted by molar-refractivity contribution is 6.03. The highest BCUT2D eigenvalue weighted by Crippen LogP contribution is 2.32. The van der Waals surface area contributed by atoms with E-state index < -0.39 is 11.5 Å². The third-order valence-corrected chi connectivity index (χ3v) is 5.52.